The maximum Gasteiger partial charge on any atom is 0.314 e. The van der Waals surface area contributed by atoms with Crippen LogP contribution in [0.15, 0.2) is 0 Å². The first-order chi connectivity index (χ1) is 5.16. The van der Waals surface area contributed by atoms with Gasteiger partial charge in [0.1, 0.15) is 0 Å². The molecule has 0 unspecified atom stereocenters. The first-order valence-corrected chi connectivity index (χ1v) is 3.81. The number of thiocarbonyl (C=S) groups is 1. The summed E-state index contributed by atoms with van der Waals surface area (Å²) in [6, 6.07) is -0.173. The van der Waals surface area contributed by atoms with Crippen molar-refractivity contribution in [3.05, 3.63) is 0 Å². The normalized spacial score (nSPS) is 8.82. The van der Waals surface area contributed by atoms with Crippen molar-refractivity contribution in [2.45, 2.75) is 12.8 Å². The highest BCUT2D eigenvalue weighted by Crippen LogP contribution is 1.85. The van der Waals surface area contributed by atoms with E-state index < -0.39 is 0 Å². The summed E-state index contributed by atoms with van der Waals surface area (Å²) in [5.41, 5.74) is 5.24. The molecule has 0 heterocycles. The minimum absolute atomic E-state index is 0.173. The van der Waals surface area contributed by atoms with Crippen LogP contribution in [0.2, 0.25) is 0 Å². The zero-order valence-electron chi connectivity index (χ0n) is 6.52. The van der Waals surface area contributed by atoms with Gasteiger partial charge in [-0.1, -0.05) is 12.2 Å². The third-order valence-corrected chi connectivity index (χ3v) is 1.32. The number of nitrogens with two attached hydrogens (primary N) is 1. The van der Waals surface area contributed by atoms with Crippen molar-refractivity contribution < 1.29 is 4.79 Å². The summed E-state index contributed by atoms with van der Waals surface area (Å²) < 4.78 is 0. The summed E-state index contributed by atoms with van der Waals surface area (Å²) in [6.07, 6.45) is 1.47. The van der Waals surface area contributed by atoms with Gasteiger partial charge in [0, 0.05) is 13.6 Å². The van der Waals surface area contributed by atoms with E-state index in [1.807, 2.05) is 0 Å². The predicted octanol–water partition coefficient (Wildman–Crippen LogP) is -0.0183. The number of hydrogen-bond donors (Lipinski definition) is 3. The van der Waals surface area contributed by atoms with E-state index in [2.05, 4.69) is 22.9 Å². The molecule has 0 radical (unpaired) electrons. The number of urea groups is 1. The molecule has 0 aromatic rings. The lowest BCUT2D eigenvalue weighted by molar-refractivity contribution is 0.243. The van der Waals surface area contributed by atoms with Crippen molar-refractivity contribution in [2.75, 3.05) is 13.6 Å². The van der Waals surface area contributed by atoms with Crippen molar-refractivity contribution in [3.8, 4) is 0 Å². The Balaban J connectivity index is 3.14. The topological polar surface area (TPSA) is 67.2 Å². The molecule has 0 spiro atoms. The molecule has 0 bridgehead atoms. The maximum absolute atomic E-state index is 10.6. The van der Waals surface area contributed by atoms with Gasteiger partial charge < -0.3 is 16.4 Å². The third-order valence-electron chi connectivity index (χ3n) is 1.11. The first-order valence-electron chi connectivity index (χ1n) is 3.40. The van der Waals surface area contributed by atoms with Gasteiger partial charge in [-0.25, -0.2) is 4.79 Å². The second-order valence-corrected chi connectivity index (χ2v) is 2.60. The van der Waals surface area contributed by atoms with E-state index >= 15 is 0 Å². The van der Waals surface area contributed by atoms with Gasteiger partial charge in [-0.05, 0) is 12.8 Å². The monoisotopic (exact) mass is 175 g/mol. The van der Waals surface area contributed by atoms with E-state index in [1.54, 1.807) is 7.05 Å². The molecule has 0 saturated heterocycles. The van der Waals surface area contributed by atoms with E-state index in [9.17, 15) is 4.79 Å². The summed E-state index contributed by atoms with van der Waals surface area (Å²) >= 11 is 4.65. The van der Waals surface area contributed by atoms with Crippen LogP contribution in [0, 0.1) is 0 Å². The molecule has 4 N–H and O–H groups in total. The molecule has 0 aromatic heterocycles. The molecule has 0 fully saturated rings. The molecule has 0 aliphatic carbocycles. The van der Waals surface area contributed by atoms with Gasteiger partial charge in [-0.2, -0.15) is 0 Å². The quantitative estimate of drug-likeness (QED) is 0.415. The molecular formula is C6H13N3OS. The minimum atomic E-state index is -0.173. The zero-order valence-corrected chi connectivity index (χ0v) is 7.33. The van der Waals surface area contributed by atoms with E-state index in [0.29, 0.717) is 18.0 Å². The number of carbonyl (C=O) groups is 1. The Labute approximate surface area is 71.5 Å². The van der Waals surface area contributed by atoms with Crippen LogP contribution in [-0.4, -0.2) is 24.6 Å². The summed E-state index contributed by atoms with van der Waals surface area (Å²) in [5.74, 6) is 0. The summed E-state index contributed by atoms with van der Waals surface area (Å²) in [4.78, 5) is 11.1. The minimum Gasteiger partial charge on any atom is -0.393 e. The maximum atomic E-state index is 10.6. The molecule has 11 heavy (non-hydrogen) atoms. The number of hydrogen-bond acceptors (Lipinski definition) is 2. The van der Waals surface area contributed by atoms with Crippen LogP contribution >= 0.6 is 12.2 Å². The average molecular weight is 175 g/mol. The van der Waals surface area contributed by atoms with Gasteiger partial charge in [0.25, 0.3) is 0 Å². The van der Waals surface area contributed by atoms with Gasteiger partial charge in [0.05, 0.1) is 4.99 Å². The second kappa shape index (κ2) is 5.91. The van der Waals surface area contributed by atoms with Crippen molar-refractivity contribution >= 4 is 23.2 Å². The van der Waals surface area contributed by atoms with Crippen LogP contribution < -0.4 is 16.4 Å². The van der Waals surface area contributed by atoms with Gasteiger partial charge in [-0.15, -0.1) is 0 Å². The molecule has 0 atom stereocenters. The Morgan fingerprint density at radius 3 is 2.73 bits per heavy atom. The van der Waals surface area contributed by atoms with Crippen LogP contribution in [0.4, 0.5) is 4.79 Å². The standard InChI is InChI=1S/C6H13N3OS/c1-8-6(10)9-4-2-3-5(7)11/h2-4H2,1H3,(H2,7,11)(H2,8,9,10). The zero-order chi connectivity index (χ0) is 8.69. The first kappa shape index (κ1) is 10.2. The van der Waals surface area contributed by atoms with Crippen LogP contribution in [0.3, 0.4) is 0 Å². The SMILES string of the molecule is CNC(=O)NCCCC(N)=S. The van der Waals surface area contributed by atoms with Crippen molar-refractivity contribution in [3.63, 3.8) is 0 Å². The molecular weight excluding hydrogens is 162 g/mol. The molecule has 0 rings (SSSR count). The molecule has 0 aromatic carbocycles. The van der Waals surface area contributed by atoms with Gasteiger partial charge >= 0.3 is 6.03 Å². The predicted molar refractivity (Wildman–Crippen MR) is 48.5 cm³/mol. The smallest absolute Gasteiger partial charge is 0.314 e. The van der Waals surface area contributed by atoms with Crippen molar-refractivity contribution in [1.29, 1.82) is 0 Å². The van der Waals surface area contributed by atoms with E-state index in [4.69, 9.17) is 5.73 Å². The second-order valence-electron chi connectivity index (χ2n) is 2.08. The fraction of sp³-hybridized carbons (Fsp3) is 0.667. The average Bonchev–Trinajstić information content (AvgIpc) is 1.97. The Kier molecular flexibility index (Phi) is 5.46. The lowest BCUT2D eigenvalue weighted by Gasteiger charge is -2.02. The fourth-order valence-corrected chi connectivity index (χ4v) is 0.697. The van der Waals surface area contributed by atoms with Crippen molar-refractivity contribution in [2.24, 2.45) is 5.73 Å². The number of nitrogens with one attached hydrogen (secondary N) is 2. The van der Waals surface area contributed by atoms with Gasteiger partial charge in [0.15, 0.2) is 0 Å². The largest absolute Gasteiger partial charge is 0.393 e. The summed E-state index contributed by atoms with van der Waals surface area (Å²) in [7, 11) is 1.57. The van der Waals surface area contributed by atoms with Crippen LogP contribution in [0.5, 0.6) is 0 Å². The van der Waals surface area contributed by atoms with Crippen molar-refractivity contribution in [1.82, 2.24) is 10.6 Å². The summed E-state index contributed by atoms with van der Waals surface area (Å²) in [5, 5.41) is 5.06. The van der Waals surface area contributed by atoms with E-state index in [1.165, 1.54) is 0 Å². The highest BCUT2D eigenvalue weighted by molar-refractivity contribution is 7.80. The van der Waals surface area contributed by atoms with Gasteiger partial charge in [0.2, 0.25) is 0 Å². The molecule has 2 amide bonds. The van der Waals surface area contributed by atoms with E-state index in [-0.39, 0.29) is 6.03 Å². The van der Waals surface area contributed by atoms with Gasteiger partial charge in [-0.3, -0.25) is 0 Å². The number of rotatable bonds is 4. The molecule has 4 nitrogen and oxygen atoms in total. The lowest BCUT2D eigenvalue weighted by atomic mass is 10.3. The number of amides is 2. The highest BCUT2D eigenvalue weighted by Gasteiger charge is 1.94. The Bertz CT molecular complexity index is 149. The Hall–Kier alpha value is -0.840. The number of carbonyl (C=O) groups excluding carboxylic acids is 1. The molecule has 0 aliphatic heterocycles. The molecule has 5 heteroatoms. The van der Waals surface area contributed by atoms with Crippen LogP contribution in [0.25, 0.3) is 0 Å². The molecule has 0 aliphatic rings. The summed E-state index contributed by atoms with van der Waals surface area (Å²) in [6.45, 7) is 0.608. The van der Waals surface area contributed by atoms with E-state index in [0.717, 1.165) is 6.42 Å². The molecule has 64 valence electrons. The Morgan fingerprint density at radius 1 is 1.64 bits per heavy atom. The van der Waals surface area contributed by atoms with Crippen LogP contribution in [-0.2, 0) is 0 Å². The fourth-order valence-electron chi connectivity index (χ4n) is 0.553. The lowest BCUT2D eigenvalue weighted by Crippen LogP contribution is -2.33. The highest BCUT2D eigenvalue weighted by atomic mass is 32.1. The third kappa shape index (κ3) is 7.05. The Morgan fingerprint density at radius 2 is 2.27 bits per heavy atom. The van der Waals surface area contributed by atoms with Crippen LogP contribution in [0.1, 0.15) is 12.8 Å². The molecule has 0 saturated carbocycles.